The molecule has 1 N–H and O–H groups in total. The molecule has 2 aliphatic heterocycles. The average Bonchev–Trinajstić information content (AvgIpc) is 3.30. The van der Waals surface area contributed by atoms with Crippen molar-refractivity contribution in [2.24, 2.45) is 11.8 Å². The largest absolute Gasteiger partial charge is 0.493 e. The Labute approximate surface area is 271 Å². The van der Waals surface area contributed by atoms with Crippen LogP contribution in [0.4, 0.5) is 8.78 Å². The van der Waals surface area contributed by atoms with E-state index in [1.807, 2.05) is 6.92 Å². The van der Waals surface area contributed by atoms with Crippen LogP contribution in [0.2, 0.25) is 5.02 Å². The fourth-order valence-corrected chi connectivity index (χ4v) is 8.42. The molecule has 7 nitrogen and oxygen atoms in total. The van der Waals surface area contributed by atoms with Gasteiger partial charge in [-0.25, -0.2) is 8.42 Å². The molecule has 248 valence electrons. The summed E-state index contributed by atoms with van der Waals surface area (Å²) in [6.07, 6.45) is 10.2. The Hall–Kier alpha value is -2.43. The van der Waals surface area contributed by atoms with Crippen molar-refractivity contribution in [1.29, 1.82) is 0 Å². The summed E-state index contributed by atoms with van der Waals surface area (Å²) in [7, 11) is -4.54. The maximum absolute atomic E-state index is 16.6. The van der Waals surface area contributed by atoms with Crippen LogP contribution in [-0.2, 0) is 20.7 Å². The topological polar surface area (TPSA) is 84.9 Å². The highest BCUT2D eigenvalue weighted by molar-refractivity contribution is 7.89. The second-order valence-corrected chi connectivity index (χ2v) is 15.1. The van der Waals surface area contributed by atoms with Gasteiger partial charge in [-0.3, -0.25) is 4.79 Å². The summed E-state index contributed by atoms with van der Waals surface area (Å²) in [4.78, 5) is 15.4. The molecule has 3 aliphatic rings. The van der Waals surface area contributed by atoms with Crippen molar-refractivity contribution in [3.05, 3.63) is 53.1 Å². The summed E-state index contributed by atoms with van der Waals surface area (Å²) in [6.45, 7) is 4.91. The molecular formula is C34H45ClF2N2O5S. The molecule has 2 aromatic carbocycles. The molecular weight excluding hydrogens is 622 g/mol. The zero-order valence-electron chi connectivity index (χ0n) is 26.2. The van der Waals surface area contributed by atoms with Gasteiger partial charge in [-0.15, -0.1) is 0 Å². The van der Waals surface area contributed by atoms with Crippen molar-refractivity contribution in [3.63, 3.8) is 0 Å². The number of hydrogen-bond donors (Lipinski definition) is 1. The van der Waals surface area contributed by atoms with Gasteiger partial charge < -0.3 is 14.4 Å². The number of carbonyl (C=O) groups is 1. The SMILES string of the molecule is CCCCOc1cc(C(F)(F)C(NS(=O)(=O)c2ccc(OCC3CCCCC3)cc2)C(=O)N2C3CCC2CC(C)C3)ccc1Cl. The maximum Gasteiger partial charge on any atom is 0.298 e. The summed E-state index contributed by atoms with van der Waals surface area (Å²) < 4.78 is 74.1. The third-order valence-electron chi connectivity index (χ3n) is 9.52. The Kier molecular flexibility index (Phi) is 11.0. The number of nitrogens with zero attached hydrogens (tertiary/aromatic N) is 1. The van der Waals surface area contributed by atoms with Gasteiger partial charge in [0.05, 0.1) is 23.1 Å². The number of sulfonamides is 1. The number of carbonyl (C=O) groups excluding carboxylic acids is 1. The lowest BCUT2D eigenvalue weighted by Gasteiger charge is -2.41. The molecule has 2 bridgehead atoms. The van der Waals surface area contributed by atoms with Crippen LogP contribution in [0.15, 0.2) is 47.4 Å². The number of ether oxygens (including phenoxy) is 2. The number of alkyl halides is 2. The first-order valence-electron chi connectivity index (χ1n) is 16.4. The van der Waals surface area contributed by atoms with Crippen molar-refractivity contribution >= 4 is 27.5 Å². The molecule has 3 fully saturated rings. The summed E-state index contributed by atoms with van der Waals surface area (Å²) in [6, 6.07) is 6.45. The van der Waals surface area contributed by atoms with Gasteiger partial charge in [0.2, 0.25) is 15.9 Å². The molecule has 45 heavy (non-hydrogen) atoms. The first-order chi connectivity index (χ1) is 21.5. The molecule has 3 unspecified atom stereocenters. The van der Waals surface area contributed by atoms with Crippen LogP contribution in [0.25, 0.3) is 0 Å². The summed E-state index contributed by atoms with van der Waals surface area (Å²) in [5, 5.41) is 0.156. The number of nitrogens with one attached hydrogen (secondary N) is 1. The molecule has 0 radical (unpaired) electrons. The van der Waals surface area contributed by atoms with Gasteiger partial charge in [0.1, 0.15) is 11.5 Å². The van der Waals surface area contributed by atoms with E-state index in [1.165, 1.54) is 54.5 Å². The zero-order valence-corrected chi connectivity index (χ0v) is 27.7. The van der Waals surface area contributed by atoms with Crippen LogP contribution in [0.3, 0.4) is 0 Å². The molecule has 1 amide bonds. The molecule has 11 heteroatoms. The highest BCUT2D eigenvalue weighted by Crippen LogP contribution is 2.43. The number of piperidine rings is 1. The van der Waals surface area contributed by atoms with Crippen LogP contribution >= 0.6 is 11.6 Å². The normalized spacial score (nSPS) is 23.1. The molecule has 2 saturated heterocycles. The van der Waals surface area contributed by atoms with E-state index in [9.17, 15) is 13.2 Å². The Morgan fingerprint density at radius 2 is 1.69 bits per heavy atom. The Bertz CT molecular complexity index is 1400. The minimum Gasteiger partial charge on any atom is -0.493 e. The highest BCUT2D eigenvalue weighted by atomic mass is 35.5. The predicted molar refractivity (Wildman–Crippen MR) is 170 cm³/mol. The van der Waals surface area contributed by atoms with E-state index >= 15 is 8.78 Å². The average molecular weight is 667 g/mol. The molecule has 1 aliphatic carbocycles. The van der Waals surface area contributed by atoms with E-state index < -0.39 is 33.5 Å². The van der Waals surface area contributed by atoms with Gasteiger partial charge in [0.25, 0.3) is 5.92 Å². The maximum atomic E-state index is 16.6. The quantitative estimate of drug-likeness (QED) is 0.222. The molecule has 2 heterocycles. The van der Waals surface area contributed by atoms with Crippen molar-refractivity contribution in [1.82, 2.24) is 9.62 Å². The van der Waals surface area contributed by atoms with Crippen LogP contribution < -0.4 is 14.2 Å². The Morgan fingerprint density at radius 1 is 1.02 bits per heavy atom. The lowest BCUT2D eigenvalue weighted by Crippen LogP contribution is -2.59. The highest BCUT2D eigenvalue weighted by Gasteiger charge is 2.53. The zero-order chi connectivity index (χ0) is 32.2. The minimum absolute atomic E-state index is 0.0621. The Morgan fingerprint density at radius 3 is 2.33 bits per heavy atom. The summed E-state index contributed by atoms with van der Waals surface area (Å²) in [5.74, 6) is -3.43. The van der Waals surface area contributed by atoms with Crippen LogP contribution in [0.5, 0.6) is 11.5 Å². The number of fused-ring (bicyclic) bond motifs is 2. The standard InChI is InChI=1S/C34H45ClF2N2O5S/c1-3-4-18-43-31-21-25(10-17-30(31)35)34(36,37)32(33(40)39-26-11-12-27(39)20-23(2)19-26)38-45(41,42)29-15-13-28(14-16-29)44-22-24-8-6-5-7-9-24/h10,13-17,21,23-24,26-27,32,38H,3-9,11-12,18-20,22H2,1-2H3. The molecule has 1 saturated carbocycles. The van der Waals surface area contributed by atoms with Gasteiger partial charge >= 0.3 is 0 Å². The van der Waals surface area contributed by atoms with Crippen molar-refractivity contribution < 1.29 is 31.5 Å². The van der Waals surface area contributed by atoms with Gasteiger partial charge in [-0.1, -0.05) is 57.2 Å². The number of halogens is 3. The molecule has 0 aromatic heterocycles. The lowest BCUT2D eigenvalue weighted by molar-refractivity contribution is -0.149. The fraction of sp³-hybridized carbons (Fsp3) is 0.618. The van der Waals surface area contributed by atoms with Crippen molar-refractivity contribution in [2.75, 3.05) is 13.2 Å². The smallest absolute Gasteiger partial charge is 0.298 e. The van der Waals surface area contributed by atoms with Gasteiger partial charge in [-0.2, -0.15) is 13.5 Å². The van der Waals surface area contributed by atoms with E-state index in [2.05, 4.69) is 11.6 Å². The Balaban J connectivity index is 1.41. The van der Waals surface area contributed by atoms with E-state index in [0.717, 1.165) is 31.4 Å². The third-order valence-corrected chi connectivity index (χ3v) is 11.3. The molecule has 2 aromatic rings. The van der Waals surface area contributed by atoms with Crippen LogP contribution in [0, 0.1) is 11.8 Å². The number of rotatable bonds is 13. The molecule has 5 rings (SSSR count). The van der Waals surface area contributed by atoms with E-state index in [4.69, 9.17) is 21.1 Å². The van der Waals surface area contributed by atoms with Gasteiger partial charge in [0, 0.05) is 17.6 Å². The number of amides is 1. The first-order valence-corrected chi connectivity index (χ1v) is 18.2. The monoisotopic (exact) mass is 666 g/mol. The first kappa shape index (κ1) is 33.9. The second kappa shape index (κ2) is 14.6. The van der Waals surface area contributed by atoms with Gasteiger partial charge in [-0.05, 0) is 93.2 Å². The second-order valence-electron chi connectivity index (χ2n) is 13.0. The number of hydrogen-bond acceptors (Lipinski definition) is 5. The fourth-order valence-electron chi connectivity index (χ4n) is 7.06. The summed E-state index contributed by atoms with van der Waals surface area (Å²) in [5.41, 5.74) is -0.552. The van der Waals surface area contributed by atoms with Crippen LogP contribution in [-0.4, -0.2) is 50.6 Å². The number of unbranched alkanes of at least 4 members (excludes halogenated alkanes) is 1. The predicted octanol–water partition coefficient (Wildman–Crippen LogP) is 7.71. The number of benzene rings is 2. The molecule has 3 atom stereocenters. The molecule has 0 spiro atoms. The van der Waals surface area contributed by atoms with Crippen LogP contribution in [0.1, 0.15) is 90.0 Å². The van der Waals surface area contributed by atoms with Gasteiger partial charge in [0.15, 0.2) is 6.04 Å². The van der Waals surface area contributed by atoms with E-state index in [-0.39, 0.29) is 34.4 Å². The lowest BCUT2D eigenvalue weighted by atomic mass is 9.90. The summed E-state index contributed by atoms with van der Waals surface area (Å²) >= 11 is 6.25. The van der Waals surface area contributed by atoms with Crippen molar-refractivity contribution in [2.45, 2.75) is 113 Å². The minimum atomic E-state index is -4.54. The van der Waals surface area contributed by atoms with E-state index in [0.29, 0.717) is 56.3 Å². The van der Waals surface area contributed by atoms with E-state index in [1.54, 1.807) is 0 Å². The third kappa shape index (κ3) is 7.93. The van der Waals surface area contributed by atoms with Crippen molar-refractivity contribution in [3.8, 4) is 11.5 Å².